The Hall–Kier alpha value is -0.870. The second-order valence-corrected chi connectivity index (χ2v) is 5.67. The van der Waals surface area contributed by atoms with Crippen LogP contribution in [-0.4, -0.2) is 21.1 Å². The Morgan fingerprint density at radius 3 is 2.67 bits per heavy atom. The molecule has 2 rings (SSSR count). The molecule has 2 N–H and O–H groups in total. The molecule has 0 spiro atoms. The molecule has 0 atom stereocenters. The molecule has 1 saturated carbocycles. The van der Waals surface area contributed by atoms with E-state index < -0.39 is 0 Å². The van der Waals surface area contributed by atoms with Crippen LogP contribution >= 0.6 is 11.6 Å². The van der Waals surface area contributed by atoms with Crippen molar-refractivity contribution in [3.63, 3.8) is 0 Å². The van der Waals surface area contributed by atoms with Crippen LogP contribution in [0.5, 0.6) is 0 Å². The minimum absolute atomic E-state index is 0.157. The summed E-state index contributed by atoms with van der Waals surface area (Å²) in [4.78, 5) is 12.0. The standard InChI is InChI=1S/C13H20ClN3O/c1-3-10-12(14)11(17(2)16-10)7-9(18)8-13(15)5-4-6-13/h3-8,15H2,1-2H3. The first-order valence-corrected chi connectivity index (χ1v) is 6.84. The van der Waals surface area contributed by atoms with Crippen molar-refractivity contribution in [3.05, 3.63) is 16.4 Å². The summed E-state index contributed by atoms with van der Waals surface area (Å²) < 4.78 is 1.71. The number of hydrogen-bond donors (Lipinski definition) is 1. The number of carbonyl (C=O) groups excluding carboxylic acids is 1. The number of hydrogen-bond acceptors (Lipinski definition) is 3. The summed E-state index contributed by atoms with van der Waals surface area (Å²) in [6.07, 6.45) is 4.62. The van der Waals surface area contributed by atoms with E-state index in [1.807, 2.05) is 14.0 Å². The van der Waals surface area contributed by atoms with Crippen LogP contribution in [0, 0.1) is 0 Å². The zero-order valence-corrected chi connectivity index (χ0v) is 11.8. The smallest absolute Gasteiger partial charge is 0.140 e. The predicted octanol–water partition coefficient (Wildman–Crippen LogP) is 2.02. The first kappa shape index (κ1) is 13.6. The molecular formula is C13H20ClN3O. The highest BCUT2D eigenvalue weighted by Gasteiger charge is 2.34. The van der Waals surface area contributed by atoms with Crippen molar-refractivity contribution in [2.45, 2.75) is 51.0 Å². The van der Waals surface area contributed by atoms with Crippen molar-refractivity contribution in [1.82, 2.24) is 9.78 Å². The lowest BCUT2D eigenvalue weighted by Crippen LogP contribution is -2.48. The van der Waals surface area contributed by atoms with Gasteiger partial charge in [0.2, 0.25) is 0 Å². The molecule has 0 amide bonds. The van der Waals surface area contributed by atoms with Crippen molar-refractivity contribution in [1.29, 1.82) is 0 Å². The van der Waals surface area contributed by atoms with Gasteiger partial charge >= 0.3 is 0 Å². The lowest BCUT2D eigenvalue weighted by Gasteiger charge is -2.37. The molecule has 1 aliphatic carbocycles. The number of aromatic nitrogens is 2. The van der Waals surface area contributed by atoms with E-state index in [9.17, 15) is 4.79 Å². The summed E-state index contributed by atoms with van der Waals surface area (Å²) in [6.45, 7) is 2.00. The fourth-order valence-corrected chi connectivity index (χ4v) is 2.82. The van der Waals surface area contributed by atoms with Gasteiger partial charge in [0.1, 0.15) is 5.78 Å². The zero-order chi connectivity index (χ0) is 13.3. The van der Waals surface area contributed by atoms with Gasteiger partial charge in [0.05, 0.1) is 16.4 Å². The third-order valence-electron chi connectivity index (χ3n) is 3.77. The molecule has 18 heavy (non-hydrogen) atoms. The third-order valence-corrected chi connectivity index (χ3v) is 4.20. The van der Waals surface area contributed by atoms with E-state index >= 15 is 0 Å². The molecule has 0 aromatic carbocycles. The molecule has 0 radical (unpaired) electrons. The average Bonchev–Trinajstić information content (AvgIpc) is 2.54. The maximum Gasteiger partial charge on any atom is 0.140 e. The molecule has 1 aliphatic rings. The molecule has 1 heterocycles. The van der Waals surface area contributed by atoms with Crippen molar-refractivity contribution in [2.24, 2.45) is 12.8 Å². The summed E-state index contributed by atoms with van der Waals surface area (Å²) in [7, 11) is 1.83. The summed E-state index contributed by atoms with van der Waals surface area (Å²) in [5, 5.41) is 4.95. The molecule has 1 aromatic rings. The van der Waals surface area contributed by atoms with Gasteiger partial charge in [-0.05, 0) is 25.7 Å². The number of carbonyl (C=O) groups is 1. The fraction of sp³-hybridized carbons (Fsp3) is 0.692. The van der Waals surface area contributed by atoms with Crippen molar-refractivity contribution >= 4 is 17.4 Å². The van der Waals surface area contributed by atoms with Crippen LogP contribution in [-0.2, 0) is 24.7 Å². The van der Waals surface area contributed by atoms with E-state index in [2.05, 4.69) is 5.10 Å². The number of rotatable bonds is 5. The van der Waals surface area contributed by atoms with Gasteiger partial charge in [-0.3, -0.25) is 9.48 Å². The van der Waals surface area contributed by atoms with Gasteiger partial charge < -0.3 is 5.73 Å². The van der Waals surface area contributed by atoms with Gasteiger partial charge in [-0.25, -0.2) is 0 Å². The Labute approximate surface area is 112 Å². The fourth-order valence-electron chi connectivity index (χ4n) is 2.46. The van der Waals surface area contributed by atoms with E-state index in [4.69, 9.17) is 17.3 Å². The minimum atomic E-state index is -0.254. The largest absolute Gasteiger partial charge is 0.325 e. The topological polar surface area (TPSA) is 60.9 Å². The highest BCUT2D eigenvalue weighted by atomic mass is 35.5. The molecule has 0 saturated heterocycles. The second-order valence-electron chi connectivity index (χ2n) is 5.29. The number of nitrogens with two attached hydrogens (primary N) is 1. The first-order chi connectivity index (χ1) is 8.45. The van der Waals surface area contributed by atoms with Gasteiger partial charge in [-0.1, -0.05) is 18.5 Å². The van der Waals surface area contributed by atoms with E-state index in [-0.39, 0.29) is 11.3 Å². The van der Waals surface area contributed by atoms with Gasteiger partial charge in [0.25, 0.3) is 0 Å². The highest BCUT2D eigenvalue weighted by molar-refractivity contribution is 6.32. The Bertz CT molecular complexity index is 463. The lowest BCUT2D eigenvalue weighted by molar-refractivity contribution is -0.120. The molecule has 0 aliphatic heterocycles. The number of halogens is 1. The number of aryl methyl sites for hydroxylation is 2. The molecule has 5 heteroatoms. The quantitative estimate of drug-likeness (QED) is 0.890. The second kappa shape index (κ2) is 5.02. The normalized spacial score (nSPS) is 17.6. The Kier molecular flexibility index (Phi) is 3.78. The van der Waals surface area contributed by atoms with Gasteiger partial charge in [-0.2, -0.15) is 5.10 Å². The first-order valence-electron chi connectivity index (χ1n) is 6.46. The van der Waals surface area contributed by atoms with Gasteiger partial charge in [0.15, 0.2) is 0 Å². The van der Waals surface area contributed by atoms with Crippen LogP contribution in [0.4, 0.5) is 0 Å². The summed E-state index contributed by atoms with van der Waals surface area (Å²) >= 11 is 6.23. The number of Topliss-reactive ketones (excluding diaryl/α,β-unsaturated/α-hetero) is 1. The Morgan fingerprint density at radius 2 is 2.22 bits per heavy atom. The average molecular weight is 270 g/mol. The van der Waals surface area contributed by atoms with Crippen LogP contribution in [0.15, 0.2) is 0 Å². The Balaban J connectivity index is 2.04. The van der Waals surface area contributed by atoms with Crippen molar-refractivity contribution in [2.75, 3.05) is 0 Å². The van der Waals surface area contributed by atoms with Crippen LogP contribution in [0.3, 0.4) is 0 Å². The minimum Gasteiger partial charge on any atom is -0.325 e. The molecular weight excluding hydrogens is 250 g/mol. The van der Waals surface area contributed by atoms with E-state index in [0.717, 1.165) is 37.1 Å². The van der Waals surface area contributed by atoms with E-state index in [0.29, 0.717) is 17.9 Å². The van der Waals surface area contributed by atoms with Gasteiger partial charge in [-0.15, -0.1) is 0 Å². The van der Waals surface area contributed by atoms with Crippen LogP contribution in [0.25, 0.3) is 0 Å². The molecule has 0 unspecified atom stereocenters. The summed E-state index contributed by atoms with van der Waals surface area (Å²) in [5.74, 6) is 0.157. The highest BCUT2D eigenvalue weighted by Crippen LogP contribution is 2.33. The SMILES string of the molecule is CCc1nn(C)c(CC(=O)CC2(N)CCC2)c1Cl. The molecule has 100 valence electrons. The van der Waals surface area contributed by atoms with Crippen molar-refractivity contribution < 1.29 is 4.79 Å². The number of nitrogens with zero attached hydrogens (tertiary/aromatic N) is 2. The van der Waals surface area contributed by atoms with Crippen LogP contribution < -0.4 is 5.73 Å². The predicted molar refractivity (Wildman–Crippen MR) is 71.7 cm³/mol. The van der Waals surface area contributed by atoms with E-state index in [1.54, 1.807) is 4.68 Å². The summed E-state index contributed by atoms with van der Waals surface area (Å²) in [6, 6.07) is 0. The maximum absolute atomic E-state index is 12.0. The zero-order valence-electron chi connectivity index (χ0n) is 11.0. The Morgan fingerprint density at radius 1 is 1.56 bits per heavy atom. The molecule has 0 bridgehead atoms. The molecule has 1 aromatic heterocycles. The maximum atomic E-state index is 12.0. The van der Waals surface area contributed by atoms with Crippen LogP contribution in [0.2, 0.25) is 5.02 Å². The lowest BCUT2D eigenvalue weighted by atomic mass is 9.74. The van der Waals surface area contributed by atoms with E-state index in [1.165, 1.54) is 0 Å². The summed E-state index contributed by atoms with van der Waals surface area (Å²) in [5.41, 5.74) is 7.50. The van der Waals surface area contributed by atoms with Crippen LogP contribution in [0.1, 0.15) is 44.0 Å². The third kappa shape index (κ3) is 2.59. The molecule has 1 fully saturated rings. The number of ketones is 1. The van der Waals surface area contributed by atoms with Gasteiger partial charge in [0, 0.05) is 25.4 Å². The van der Waals surface area contributed by atoms with Crippen molar-refractivity contribution in [3.8, 4) is 0 Å². The monoisotopic (exact) mass is 269 g/mol. The molecule has 4 nitrogen and oxygen atoms in total.